The molecule has 66 valence electrons. The van der Waals surface area contributed by atoms with Gasteiger partial charge in [0.15, 0.2) is 12.1 Å². The molecular weight excluding hydrogens is 148 g/mol. The highest BCUT2D eigenvalue weighted by Crippen LogP contribution is 2.30. The minimum atomic E-state index is -0.819. The first-order chi connectivity index (χ1) is 5.26. The largest absolute Gasteiger partial charge is 0.391 e. The van der Waals surface area contributed by atoms with E-state index in [0.717, 1.165) is 6.42 Å². The van der Waals surface area contributed by atoms with Crippen molar-refractivity contribution in [2.24, 2.45) is 0 Å². The summed E-state index contributed by atoms with van der Waals surface area (Å²) >= 11 is 0. The van der Waals surface area contributed by atoms with Crippen molar-refractivity contribution in [2.45, 2.75) is 24.9 Å². The third kappa shape index (κ3) is 1.70. The Morgan fingerprint density at radius 2 is 2.36 bits per heavy atom. The molecule has 0 aromatic heterocycles. The van der Waals surface area contributed by atoms with Gasteiger partial charge >= 0.3 is 0 Å². The third-order valence-electron chi connectivity index (χ3n) is 1.98. The Balaban J connectivity index is 2.48. The van der Waals surface area contributed by atoms with Gasteiger partial charge in [0.2, 0.25) is 0 Å². The van der Waals surface area contributed by atoms with Gasteiger partial charge in [-0.1, -0.05) is 0 Å². The Kier molecular flexibility index (Phi) is 2.84. The van der Waals surface area contributed by atoms with Crippen molar-refractivity contribution < 1.29 is 19.3 Å². The quantitative estimate of drug-likeness (QED) is 0.639. The second-order valence-corrected chi connectivity index (χ2v) is 2.59. The molecule has 1 saturated heterocycles. The van der Waals surface area contributed by atoms with Gasteiger partial charge in [-0.2, -0.15) is 0 Å². The number of hydrogen-bond acceptors (Lipinski definition) is 4. The lowest BCUT2D eigenvalue weighted by atomic mass is 10.2. The molecule has 1 aliphatic rings. The Labute approximate surface area is 66.1 Å². The maximum absolute atomic E-state index is 8.92. The first-order valence-electron chi connectivity index (χ1n) is 3.63. The number of methoxy groups -OCH3 is 2. The molecule has 0 spiro atoms. The van der Waals surface area contributed by atoms with Gasteiger partial charge in [0.25, 0.3) is 0 Å². The monoisotopic (exact) mass is 162 g/mol. The normalized spacial score (nSPS) is 37.9. The summed E-state index contributed by atoms with van der Waals surface area (Å²) in [6.07, 6.45) is 1.21. The molecule has 0 aromatic carbocycles. The Morgan fingerprint density at radius 1 is 1.64 bits per heavy atom. The highest BCUT2D eigenvalue weighted by molar-refractivity contribution is 4.76. The second kappa shape index (κ2) is 3.49. The van der Waals surface area contributed by atoms with Crippen LogP contribution in [-0.2, 0) is 14.2 Å². The molecule has 2 unspecified atom stereocenters. The van der Waals surface area contributed by atoms with Gasteiger partial charge in [-0.3, -0.25) is 0 Å². The Bertz CT molecular complexity index is 122. The van der Waals surface area contributed by atoms with Gasteiger partial charge in [-0.25, -0.2) is 0 Å². The summed E-state index contributed by atoms with van der Waals surface area (Å²) in [5.41, 5.74) is 0. The number of ether oxygens (including phenoxy) is 3. The van der Waals surface area contributed by atoms with Crippen LogP contribution in [0.25, 0.3) is 0 Å². The lowest BCUT2D eigenvalue weighted by molar-refractivity contribution is -0.269. The van der Waals surface area contributed by atoms with E-state index in [-0.39, 0.29) is 12.9 Å². The predicted octanol–water partition coefficient (Wildman–Crippen LogP) is 0.104. The Morgan fingerprint density at radius 3 is 2.64 bits per heavy atom. The lowest BCUT2D eigenvalue weighted by Crippen LogP contribution is -2.35. The summed E-state index contributed by atoms with van der Waals surface area (Å²) in [5.74, 6) is -0.819. The fourth-order valence-corrected chi connectivity index (χ4v) is 1.19. The van der Waals surface area contributed by atoms with E-state index < -0.39 is 5.79 Å². The topological polar surface area (TPSA) is 47.9 Å². The molecule has 2 atom stereocenters. The van der Waals surface area contributed by atoms with Crippen LogP contribution in [0.1, 0.15) is 12.8 Å². The molecule has 4 heteroatoms. The van der Waals surface area contributed by atoms with Crippen LogP contribution < -0.4 is 0 Å². The zero-order valence-electron chi connectivity index (χ0n) is 6.87. The molecule has 1 heterocycles. The van der Waals surface area contributed by atoms with Crippen molar-refractivity contribution in [3.8, 4) is 0 Å². The summed E-state index contributed by atoms with van der Waals surface area (Å²) in [5, 5.41) is 8.92. The van der Waals surface area contributed by atoms with Gasteiger partial charge in [0.1, 0.15) is 0 Å². The second-order valence-electron chi connectivity index (χ2n) is 2.59. The van der Waals surface area contributed by atoms with E-state index >= 15 is 0 Å². The van der Waals surface area contributed by atoms with Crippen LogP contribution in [0.2, 0.25) is 0 Å². The van der Waals surface area contributed by atoms with Crippen molar-refractivity contribution in [2.75, 3.05) is 20.8 Å². The van der Waals surface area contributed by atoms with Crippen molar-refractivity contribution >= 4 is 0 Å². The molecule has 0 aliphatic carbocycles. The maximum Gasteiger partial charge on any atom is 0.194 e. The molecular formula is C7H14O4. The van der Waals surface area contributed by atoms with E-state index in [1.165, 1.54) is 7.11 Å². The van der Waals surface area contributed by atoms with E-state index in [2.05, 4.69) is 0 Å². The SMILES string of the molecule is COC1CCC(CO)(OC)O1. The molecule has 1 aliphatic heterocycles. The van der Waals surface area contributed by atoms with E-state index in [9.17, 15) is 0 Å². The molecule has 0 saturated carbocycles. The molecule has 0 bridgehead atoms. The zero-order chi connectivity index (χ0) is 8.32. The van der Waals surface area contributed by atoms with Gasteiger partial charge in [0.05, 0.1) is 6.61 Å². The van der Waals surface area contributed by atoms with Crippen molar-refractivity contribution in [1.29, 1.82) is 0 Å². The Hall–Kier alpha value is -0.160. The predicted molar refractivity (Wildman–Crippen MR) is 37.9 cm³/mol. The van der Waals surface area contributed by atoms with Gasteiger partial charge in [-0.05, 0) is 0 Å². The first kappa shape index (κ1) is 8.93. The highest BCUT2D eigenvalue weighted by atomic mass is 16.8. The summed E-state index contributed by atoms with van der Waals surface area (Å²) in [6, 6.07) is 0. The zero-order valence-corrected chi connectivity index (χ0v) is 6.87. The molecule has 11 heavy (non-hydrogen) atoms. The third-order valence-corrected chi connectivity index (χ3v) is 1.98. The van der Waals surface area contributed by atoms with Crippen molar-refractivity contribution in [1.82, 2.24) is 0 Å². The fourth-order valence-electron chi connectivity index (χ4n) is 1.19. The van der Waals surface area contributed by atoms with E-state index in [0.29, 0.717) is 6.42 Å². The number of aliphatic hydroxyl groups is 1. The minimum absolute atomic E-state index is 0.122. The summed E-state index contributed by atoms with van der Waals surface area (Å²) in [7, 11) is 3.10. The van der Waals surface area contributed by atoms with Gasteiger partial charge in [0, 0.05) is 27.1 Å². The van der Waals surface area contributed by atoms with Crippen LogP contribution >= 0.6 is 0 Å². The minimum Gasteiger partial charge on any atom is -0.391 e. The van der Waals surface area contributed by atoms with Crippen LogP contribution in [0.5, 0.6) is 0 Å². The van der Waals surface area contributed by atoms with Crippen LogP contribution in [-0.4, -0.2) is 38.0 Å². The van der Waals surface area contributed by atoms with Crippen LogP contribution in [0.3, 0.4) is 0 Å². The van der Waals surface area contributed by atoms with Gasteiger partial charge in [-0.15, -0.1) is 0 Å². The average Bonchev–Trinajstić information content (AvgIpc) is 2.49. The van der Waals surface area contributed by atoms with Crippen molar-refractivity contribution in [3.63, 3.8) is 0 Å². The fraction of sp³-hybridized carbons (Fsp3) is 1.00. The molecule has 4 nitrogen and oxygen atoms in total. The van der Waals surface area contributed by atoms with Crippen LogP contribution in [0.15, 0.2) is 0 Å². The molecule has 1 fully saturated rings. The van der Waals surface area contributed by atoms with Crippen LogP contribution in [0.4, 0.5) is 0 Å². The molecule has 0 aromatic rings. The van der Waals surface area contributed by atoms with Crippen molar-refractivity contribution in [3.05, 3.63) is 0 Å². The average molecular weight is 162 g/mol. The molecule has 1 rings (SSSR count). The van der Waals surface area contributed by atoms with E-state index in [1.54, 1.807) is 7.11 Å². The molecule has 0 radical (unpaired) electrons. The summed E-state index contributed by atoms with van der Waals surface area (Å²) in [6.45, 7) is -0.122. The number of rotatable bonds is 3. The summed E-state index contributed by atoms with van der Waals surface area (Å²) in [4.78, 5) is 0. The smallest absolute Gasteiger partial charge is 0.194 e. The first-order valence-corrected chi connectivity index (χ1v) is 3.63. The van der Waals surface area contributed by atoms with Crippen LogP contribution in [0, 0.1) is 0 Å². The molecule has 1 N–H and O–H groups in total. The van der Waals surface area contributed by atoms with E-state index in [4.69, 9.17) is 19.3 Å². The maximum atomic E-state index is 8.92. The number of aliphatic hydroxyl groups excluding tert-OH is 1. The lowest BCUT2D eigenvalue weighted by Gasteiger charge is -2.24. The molecule has 0 amide bonds. The summed E-state index contributed by atoms with van der Waals surface area (Å²) < 4.78 is 15.3. The number of hydrogen-bond donors (Lipinski definition) is 1. The van der Waals surface area contributed by atoms with Gasteiger partial charge < -0.3 is 19.3 Å². The standard InChI is InChI=1S/C7H14O4/c1-9-6-3-4-7(5-8,10-2)11-6/h6,8H,3-5H2,1-2H3. The highest BCUT2D eigenvalue weighted by Gasteiger charge is 2.40. The van der Waals surface area contributed by atoms with E-state index in [1.807, 2.05) is 0 Å².